The van der Waals surface area contributed by atoms with Crippen LogP contribution >= 0.6 is 11.3 Å². The molecule has 146 valence electrons. The van der Waals surface area contributed by atoms with Gasteiger partial charge in [-0.3, -0.25) is 4.72 Å². The summed E-state index contributed by atoms with van der Waals surface area (Å²) in [5.74, 6) is -3.16. The Bertz CT molecular complexity index is 1100. The molecule has 1 heterocycles. The van der Waals surface area contributed by atoms with E-state index in [4.69, 9.17) is 4.74 Å². The smallest absolute Gasteiger partial charge is 0.350 e. The average molecular weight is 424 g/mol. The molecule has 1 aromatic heterocycles. The normalized spacial score (nSPS) is 11.2. The van der Waals surface area contributed by atoms with E-state index >= 15 is 0 Å². The van der Waals surface area contributed by atoms with Gasteiger partial charge in [0, 0.05) is 5.56 Å². The van der Waals surface area contributed by atoms with Crippen molar-refractivity contribution in [1.82, 2.24) is 4.98 Å². The number of carbonyl (C=O) groups is 1. The van der Waals surface area contributed by atoms with Crippen molar-refractivity contribution in [3.05, 3.63) is 65.0 Å². The van der Waals surface area contributed by atoms with Crippen LogP contribution in [0.1, 0.15) is 16.6 Å². The van der Waals surface area contributed by atoms with Gasteiger partial charge in [0.1, 0.15) is 16.5 Å². The van der Waals surface area contributed by atoms with E-state index in [-0.39, 0.29) is 22.3 Å². The summed E-state index contributed by atoms with van der Waals surface area (Å²) in [7, 11) is -4.60. The number of nitrogens with one attached hydrogen (secondary N) is 1. The maximum atomic E-state index is 13.9. The first-order valence-electron chi connectivity index (χ1n) is 8.03. The minimum Gasteiger partial charge on any atom is -0.462 e. The van der Waals surface area contributed by atoms with Crippen LogP contribution in [-0.2, 0) is 14.8 Å². The molecule has 0 fully saturated rings. The van der Waals surface area contributed by atoms with Crippen molar-refractivity contribution >= 4 is 32.5 Å². The molecule has 0 saturated heterocycles. The van der Waals surface area contributed by atoms with E-state index in [1.165, 1.54) is 0 Å². The monoisotopic (exact) mass is 424 g/mol. The van der Waals surface area contributed by atoms with Gasteiger partial charge in [0.05, 0.1) is 12.3 Å². The summed E-state index contributed by atoms with van der Waals surface area (Å²) in [6.07, 6.45) is 0. The van der Waals surface area contributed by atoms with Crippen molar-refractivity contribution in [2.45, 2.75) is 11.8 Å². The number of aromatic nitrogens is 1. The summed E-state index contributed by atoms with van der Waals surface area (Å²) >= 11 is 0.715. The van der Waals surface area contributed by atoms with Crippen LogP contribution in [0.25, 0.3) is 11.3 Å². The molecule has 1 N–H and O–H groups in total. The molecule has 0 radical (unpaired) electrons. The number of benzene rings is 2. The lowest BCUT2D eigenvalue weighted by atomic mass is 10.1. The van der Waals surface area contributed by atoms with Gasteiger partial charge in [0.15, 0.2) is 10.0 Å². The summed E-state index contributed by atoms with van der Waals surface area (Å²) < 4.78 is 59.7. The SMILES string of the molecule is CCOC(=O)c1sc(NS(=O)(=O)c2c(F)cccc2F)nc1-c1ccccc1. The Balaban J connectivity index is 2.05. The lowest BCUT2D eigenvalue weighted by molar-refractivity contribution is 0.0532. The zero-order chi connectivity index (χ0) is 20.3. The Labute approximate surface area is 163 Å². The van der Waals surface area contributed by atoms with Crippen LogP contribution in [0.4, 0.5) is 13.9 Å². The largest absolute Gasteiger partial charge is 0.462 e. The molecule has 0 aliphatic carbocycles. The van der Waals surface area contributed by atoms with Crippen LogP contribution in [0.15, 0.2) is 53.4 Å². The summed E-state index contributed by atoms with van der Waals surface area (Å²) in [5.41, 5.74) is 0.764. The van der Waals surface area contributed by atoms with Gasteiger partial charge in [-0.15, -0.1) is 0 Å². The van der Waals surface area contributed by atoms with Crippen LogP contribution in [0.2, 0.25) is 0 Å². The number of anilines is 1. The van der Waals surface area contributed by atoms with Crippen molar-refractivity contribution < 1.29 is 26.7 Å². The molecule has 0 bridgehead atoms. The Morgan fingerprint density at radius 3 is 2.36 bits per heavy atom. The topological polar surface area (TPSA) is 85.4 Å². The van der Waals surface area contributed by atoms with Gasteiger partial charge in [-0.2, -0.15) is 0 Å². The van der Waals surface area contributed by atoms with E-state index in [1.807, 2.05) is 4.72 Å². The molecular formula is C18H14F2N2O4S2. The Morgan fingerprint density at radius 1 is 1.11 bits per heavy atom. The predicted molar refractivity (Wildman–Crippen MR) is 101 cm³/mol. The van der Waals surface area contributed by atoms with E-state index in [9.17, 15) is 22.0 Å². The number of nitrogens with zero attached hydrogens (tertiary/aromatic N) is 1. The van der Waals surface area contributed by atoms with E-state index in [2.05, 4.69) is 4.98 Å². The van der Waals surface area contributed by atoms with Crippen molar-refractivity contribution in [2.75, 3.05) is 11.3 Å². The predicted octanol–water partition coefficient (Wildman–Crippen LogP) is 4.07. The highest BCUT2D eigenvalue weighted by Gasteiger charge is 2.27. The van der Waals surface area contributed by atoms with Gasteiger partial charge in [0.25, 0.3) is 10.0 Å². The van der Waals surface area contributed by atoms with Crippen molar-refractivity contribution in [1.29, 1.82) is 0 Å². The first-order valence-corrected chi connectivity index (χ1v) is 10.3. The van der Waals surface area contributed by atoms with Gasteiger partial charge >= 0.3 is 5.97 Å². The third-order valence-electron chi connectivity index (χ3n) is 3.54. The van der Waals surface area contributed by atoms with Crippen LogP contribution in [0.5, 0.6) is 0 Å². The molecule has 0 spiro atoms. The number of halogens is 2. The van der Waals surface area contributed by atoms with Crippen molar-refractivity contribution in [3.63, 3.8) is 0 Å². The van der Waals surface area contributed by atoms with Gasteiger partial charge in [-0.1, -0.05) is 47.7 Å². The van der Waals surface area contributed by atoms with Crippen molar-refractivity contribution in [3.8, 4) is 11.3 Å². The lowest BCUT2D eigenvalue weighted by Gasteiger charge is -2.07. The molecule has 28 heavy (non-hydrogen) atoms. The molecule has 0 aliphatic heterocycles. The number of hydrogen-bond acceptors (Lipinski definition) is 6. The highest BCUT2D eigenvalue weighted by molar-refractivity contribution is 7.93. The minimum atomic E-state index is -4.60. The van der Waals surface area contributed by atoms with Gasteiger partial charge in [0.2, 0.25) is 0 Å². The second kappa shape index (κ2) is 8.03. The van der Waals surface area contributed by atoms with Gasteiger partial charge in [-0.05, 0) is 19.1 Å². The molecule has 0 saturated carbocycles. The summed E-state index contributed by atoms with van der Waals surface area (Å²) in [6.45, 7) is 1.75. The van der Waals surface area contributed by atoms with Crippen LogP contribution in [-0.4, -0.2) is 26.0 Å². The zero-order valence-corrected chi connectivity index (χ0v) is 16.1. The van der Waals surface area contributed by atoms with E-state index < -0.39 is 32.5 Å². The van der Waals surface area contributed by atoms with E-state index in [0.717, 1.165) is 18.2 Å². The molecule has 0 unspecified atom stereocenters. The number of carbonyl (C=O) groups excluding carboxylic acids is 1. The van der Waals surface area contributed by atoms with Gasteiger partial charge < -0.3 is 4.74 Å². The standard InChI is InChI=1S/C18H14F2N2O4S2/c1-2-26-17(23)15-14(11-7-4-3-5-8-11)21-18(27-15)22-28(24,25)16-12(19)9-6-10-13(16)20/h3-10H,2H2,1H3,(H,21,22). The Morgan fingerprint density at radius 2 is 1.75 bits per heavy atom. The zero-order valence-electron chi connectivity index (χ0n) is 14.5. The molecule has 6 nitrogen and oxygen atoms in total. The number of hydrogen-bond donors (Lipinski definition) is 1. The summed E-state index contributed by atoms with van der Waals surface area (Å²) in [4.78, 5) is 15.3. The quantitative estimate of drug-likeness (QED) is 0.603. The second-order valence-electron chi connectivity index (χ2n) is 5.44. The molecule has 2 aromatic carbocycles. The van der Waals surface area contributed by atoms with E-state index in [0.29, 0.717) is 16.9 Å². The second-order valence-corrected chi connectivity index (χ2v) is 8.06. The number of thiazole rings is 1. The maximum absolute atomic E-state index is 13.9. The first kappa shape index (κ1) is 19.9. The molecule has 3 rings (SSSR count). The number of ether oxygens (including phenoxy) is 1. The number of sulfonamides is 1. The lowest BCUT2D eigenvalue weighted by Crippen LogP contribution is -2.16. The number of esters is 1. The molecule has 0 aliphatic rings. The van der Waals surface area contributed by atoms with Crippen LogP contribution < -0.4 is 4.72 Å². The minimum absolute atomic E-state index is 0.0692. The summed E-state index contributed by atoms with van der Waals surface area (Å²) in [5, 5.41) is -0.218. The molecule has 0 atom stereocenters. The number of rotatable bonds is 6. The Hall–Kier alpha value is -2.85. The molecule has 0 amide bonds. The van der Waals surface area contributed by atoms with Crippen LogP contribution in [0.3, 0.4) is 0 Å². The maximum Gasteiger partial charge on any atom is 0.350 e. The third-order valence-corrected chi connectivity index (χ3v) is 6.01. The fourth-order valence-corrected chi connectivity index (χ4v) is 4.65. The fraction of sp³-hybridized carbons (Fsp3) is 0.111. The fourth-order valence-electron chi connectivity index (χ4n) is 2.40. The Kier molecular flexibility index (Phi) is 5.71. The van der Waals surface area contributed by atoms with Gasteiger partial charge in [-0.25, -0.2) is 27.0 Å². The summed E-state index contributed by atoms with van der Waals surface area (Å²) in [6, 6.07) is 11.3. The third kappa shape index (κ3) is 4.02. The van der Waals surface area contributed by atoms with Crippen LogP contribution in [0, 0.1) is 11.6 Å². The average Bonchev–Trinajstić information content (AvgIpc) is 3.05. The highest BCUT2D eigenvalue weighted by atomic mass is 32.2. The molecular weight excluding hydrogens is 410 g/mol. The highest BCUT2D eigenvalue weighted by Crippen LogP contribution is 2.33. The van der Waals surface area contributed by atoms with E-state index in [1.54, 1.807) is 37.3 Å². The molecule has 10 heteroatoms. The van der Waals surface area contributed by atoms with Crippen molar-refractivity contribution in [2.24, 2.45) is 0 Å². The first-order chi connectivity index (χ1) is 13.3. The molecule has 3 aromatic rings.